The third-order valence-corrected chi connectivity index (χ3v) is 6.29. The van der Waals surface area contributed by atoms with Gasteiger partial charge in [0.1, 0.15) is 17.7 Å². The summed E-state index contributed by atoms with van der Waals surface area (Å²) in [5.41, 5.74) is 2.23. The van der Waals surface area contributed by atoms with Gasteiger partial charge in [-0.05, 0) is 53.9 Å². The quantitative estimate of drug-likeness (QED) is 0.509. The number of benzene rings is 3. The number of hydrogen-bond acceptors (Lipinski definition) is 4. The molecular formula is C26H23ClF2N2O3. The Bertz CT molecular complexity index is 1180. The lowest BCUT2D eigenvalue weighted by Gasteiger charge is -2.23. The van der Waals surface area contributed by atoms with Crippen LogP contribution >= 0.6 is 11.6 Å². The van der Waals surface area contributed by atoms with E-state index in [1.165, 1.54) is 31.4 Å². The Hall–Kier alpha value is -3.29. The summed E-state index contributed by atoms with van der Waals surface area (Å²) in [4.78, 5) is 26.9. The molecule has 8 heteroatoms. The van der Waals surface area contributed by atoms with Gasteiger partial charge in [-0.25, -0.2) is 8.78 Å². The molecule has 0 bridgehead atoms. The van der Waals surface area contributed by atoms with Crippen molar-refractivity contribution in [2.75, 3.05) is 13.7 Å². The predicted molar refractivity (Wildman–Crippen MR) is 125 cm³/mol. The normalized spacial score (nSPS) is 18.0. The van der Waals surface area contributed by atoms with Gasteiger partial charge in [-0.3, -0.25) is 14.5 Å². The second kappa shape index (κ2) is 10.3. The molecule has 1 fully saturated rings. The Kier molecular flexibility index (Phi) is 7.24. The molecule has 3 aromatic rings. The number of amides is 1. The summed E-state index contributed by atoms with van der Waals surface area (Å²) in [6, 6.07) is 16.5. The molecule has 1 heterocycles. The summed E-state index contributed by atoms with van der Waals surface area (Å²) in [6.07, 6.45) is 0.325. The molecule has 0 unspecified atom stereocenters. The minimum absolute atomic E-state index is 0.111. The van der Waals surface area contributed by atoms with Gasteiger partial charge >= 0.3 is 5.97 Å². The Morgan fingerprint density at radius 2 is 1.79 bits per heavy atom. The monoisotopic (exact) mass is 484 g/mol. The Morgan fingerprint density at radius 3 is 2.47 bits per heavy atom. The van der Waals surface area contributed by atoms with E-state index in [9.17, 15) is 18.4 Å². The smallest absolute Gasteiger partial charge is 0.323 e. The van der Waals surface area contributed by atoms with Crippen molar-refractivity contribution in [3.05, 3.63) is 94.5 Å². The van der Waals surface area contributed by atoms with E-state index >= 15 is 0 Å². The molecule has 0 aliphatic carbocycles. The number of carbonyl (C=O) groups excluding carboxylic acids is 2. The Labute approximate surface area is 201 Å². The largest absolute Gasteiger partial charge is 0.468 e. The average Bonchev–Trinajstić information content (AvgIpc) is 3.23. The maximum Gasteiger partial charge on any atom is 0.323 e. The summed E-state index contributed by atoms with van der Waals surface area (Å²) >= 11 is 6.16. The molecule has 1 amide bonds. The van der Waals surface area contributed by atoms with Gasteiger partial charge in [0.25, 0.3) is 5.91 Å². The molecule has 1 saturated heterocycles. The first kappa shape index (κ1) is 23.9. The summed E-state index contributed by atoms with van der Waals surface area (Å²) < 4.78 is 32.7. The van der Waals surface area contributed by atoms with Crippen LogP contribution in [-0.4, -0.2) is 42.5 Å². The number of nitrogens with one attached hydrogen (secondary N) is 1. The van der Waals surface area contributed by atoms with Gasteiger partial charge in [-0.1, -0.05) is 41.9 Å². The van der Waals surface area contributed by atoms with E-state index in [4.69, 9.17) is 16.3 Å². The molecule has 1 N–H and O–H groups in total. The lowest BCUT2D eigenvalue weighted by molar-refractivity contribution is -0.146. The van der Waals surface area contributed by atoms with Crippen molar-refractivity contribution < 1.29 is 23.1 Å². The molecule has 0 spiro atoms. The van der Waals surface area contributed by atoms with Crippen LogP contribution in [0.2, 0.25) is 5.02 Å². The van der Waals surface area contributed by atoms with Crippen LogP contribution < -0.4 is 5.32 Å². The molecule has 176 valence electrons. The molecule has 3 aromatic carbocycles. The summed E-state index contributed by atoms with van der Waals surface area (Å²) in [5, 5.41) is 3.22. The maximum absolute atomic E-state index is 14.3. The maximum atomic E-state index is 14.3. The van der Waals surface area contributed by atoms with Crippen LogP contribution in [0.25, 0.3) is 11.1 Å². The van der Waals surface area contributed by atoms with Crippen LogP contribution in [0, 0.1) is 11.6 Å². The highest BCUT2D eigenvalue weighted by atomic mass is 35.5. The van der Waals surface area contributed by atoms with Crippen molar-refractivity contribution in [2.45, 2.75) is 25.0 Å². The van der Waals surface area contributed by atoms with Gasteiger partial charge < -0.3 is 10.1 Å². The van der Waals surface area contributed by atoms with Gasteiger partial charge in [0, 0.05) is 35.3 Å². The predicted octanol–water partition coefficient (Wildman–Crippen LogP) is 4.83. The molecule has 0 aromatic heterocycles. The number of hydrogen-bond donors (Lipinski definition) is 1. The molecule has 4 rings (SSSR count). The molecule has 2 atom stereocenters. The lowest BCUT2D eigenvalue weighted by atomic mass is 10.0. The van der Waals surface area contributed by atoms with Crippen molar-refractivity contribution in [3.8, 4) is 11.1 Å². The van der Waals surface area contributed by atoms with Gasteiger partial charge in [0.2, 0.25) is 0 Å². The van der Waals surface area contributed by atoms with E-state index < -0.39 is 17.8 Å². The van der Waals surface area contributed by atoms with Gasteiger partial charge in [0.15, 0.2) is 0 Å². The highest BCUT2D eigenvalue weighted by Crippen LogP contribution is 2.27. The van der Waals surface area contributed by atoms with Crippen LogP contribution in [0.15, 0.2) is 66.7 Å². The van der Waals surface area contributed by atoms with Crippen molar-refractivity contribution in [3.63, 3.8) is 0 Å². The molecule has 0 saturated carbocycles. The first-order valence-electron chi connectivity index (χ1n) is 10.8. The Morgan fingerprint density at radius 1 is 1.06 bits per heavy atom. The van der Waals surface area contributed by atoms with E-state index in [1.807, 2.05) is 0 Å². The van der Waals surface area contributed by atoms with Gasteiger partial charge in [-0.15, -0.1) is 0 Å². The van der Waals surface area contributed by atoms with Crippen LogP contribution in [0.4, 0.5) is 8.78 Å². The average molecular weight is 485 g/mol. The first-order chi connectivity index (χ1) is 16.4. The fraction of sp³-hybridized carbons (Fsp3) is 0.231. The molecule has 5 nitrogen and oxygen atoms in total. The Balaban J connectivity index is 1.46. The minimum atomic E-state index is -0.638. The fourth-order valence-corrected chi connectivity index (χ4v) is 4.42. The second-order valence-electron chi connectivity index (χ2n) is 8.16. The highest BCUT2D eigenvalue weighted by Gasteiger charge is 2.38. The first-order valence-corrected chi connectivity index (χ1v) is 11.1. The molecule has 1 aliphatic heterocycles. The lowest BCUT2D eigenvalue weighted by Crippen LogP contribution is -2.38. The number of likely N-dealkylation sites (tertiary alicyclic amines) is 1. The number of esters is 1. The van der Waals surface area contributed by atoms with E-state index in [-0.39, 0.29) is 34.9 Å². The van der Waals surface area contributed by atoms with Crippen molar-refractivity contribution in [2.24, 2.45) is 0 Å². The van der Waals surface area contributed by atoms with Gasteiger partial charge in [-0.2, -0.15) is 0 Å². The number of ether oxygens (including phenoxy) is 1. The van der Waals surface area contributed by atoms with Crippen LogP contribution in [0.5, 0.6) is 0 Å². The number of rotatable bonds is 6. The standard InChI is InChI=1S/C26H23ClF2N2O3/c1-34-26(33)24-13-20(14-31(24)15-21-22(27)6-3-7-23(21)29)30-25(32)17-10-8-16(9-11-17)18-4-2-5-19(28)12-18/h2-12,20,24H,13-15H2,1H3,(H,30,32)/t20-,24+/m1/s1. The third kappa shape index (κ3) is 5.26. The van der Waals surface area contributed by atoms with Gasteiger partial charge in [0.05, 0.1) is 7.11 Å². The van der Waals surface area contributed by atoms with E-state index in [0.717, 1.165) is 5.56 Å². The number of methoxy groups -OCH3 is 1. The molecular weight excluding hydrogens is 462 g/mol. The van der Waals surface area contributed by atoms with Crippen molar-refractivity contribution in [1.82, 2.24) is 10.2 Å². The topological polar surface area (TPSA) is 58.6 Å². The third-order valence-electron chi connectivity index (χ3n) is 5.94. The SMILES string of the molecule is COC(=O)[C@@H]1C[C@@H](NC(=O)c2ccc(-c3cccc(F)c3)cc2)CN1Cc1c(F)cccc1Cl. The molecule has 1 aliphatic rings. The minimum Gasteiger partial charge on any atom is -0.468 e. The highest BCUT2D eigenvalue weighted by molar-refractivity contribution is 6.31. The van der Waals surface area contributed by atoms with E-state index in [2.05, 4.69) is 5.32 Å². The van der Waals surface area contributed by atoms with Crippen LogP contribution in [0.1, 0.15) is 22.3 Å². The fourth-order valence-electron chi connectivity index (χ4n) is 4.20. The zero-order valence-electron chi connectivity index (χ0n) is 18.4. The zero-order chi connectivity index (χ0) is 24.2. The number of carbonyl (C=O) groups is 2. The summed E-state index contributed by atoms with van der Waals surface area (Å²) in [5.74, 6) is -1.54. The summed E-state index contributed by atoms with van der Waals surface area (Å²) in [6.45, 7) is 0.442. The van der Waals surface area contributed by atoms with E-state index in [0.29, 0.717) is 24.1 Å². The molecule has 0 radical (unpaired) electrons. The number of nitrogens with zero attached hydrogens (tertiary/aromatic N) is 1. The molecule has 34 heavy (non-hydrogen) atoms. The second-order valence-corrected chi connectivity index (χ2v) is 8.57. The van der Waals surface area contributed by atoms with Crippen LogP contribution in [0.3, 0.4) is 0 Å². The summed E-state index contributed by atoms with van der Waals surface area (Å²) in [7, 11) is 1.29. The van der Waals surface area contributed by atoms with Crippen LogP contribution in [-0.2, 0) is 16.1 Å². The van der Waals surface area contributed by atoms with Crippen molar-refractivity contribution >= 4 is 23.5 Å². The van der Waals surface area contributed by atoms with E-state index in [1.54, 1.807) is 47.4 Å². The van der Waals surface area contributed by atoms with Crippen molar-refractivity contribution in [1.29, 1.82) is 0 Å². The zero-order valence-corrected chi connectivity index (χ0v) is 19.2. The number of halogens is 3.